The average molecular weight is 326 g/mol. The Bertz CT molecular complexity index is 701. The summed E-state index contributed by atoms with van der Waals surface area (Å²) in [4.78, 5) is 27.9. The van der Waals surface area contributed by atoms with Crippen LogP contribution in [-0.4, -0.2) is 22.8 Å². The fourth-order valence-corrected chi connectivity index (χ4v) is 2.08. The van der Waals surface area contributed by atoms with Gasteiger partial charge < -0.3 is 16.4 Å². The van der Waals surface area contributed by atoms with Crippen molar-refractivity contribution in [2.75, 3.05) is 5.32 Å². The maximum absolute atomic E-state index is 12.1. The van der Waals surface area contributed by atoms with Crippen molar-refractivity contribution in [3.63, 3.8) is 0 Å². The first-order valence-electron chi connectivity index (χ1n) is 7.81. The molecule has 0 radical (unpaired) electrons. The monoisotopic (exact) mass is 326 g/mol. The molecule has 0 saturated heterocycles. The summed E-state index contributed by atoms with van der Waals surface area (Å²) < 4.78 is 0. The van der Waals surface area contributed by atoms with Crippen LogP contribution in [-0.2, 0) is 11.3 Å². The van der Waals surface area contributed by atoms with Crippen LogP contribution < -0.4 is 16.4 Å². The zero-order valence-corrected chi connectivity index (χ0v) is 13.8. The van der Waals surface area contributed by atoms with Gasteiger partial charge in [0.2, 0.25) is 5.91 Å². The Morgan fingerprint density at radius 2 is 1.88 bits per heavy atom. The molecule has 1 heterocycles. The van der Waals surface area contributed by atoms with Crippen LogP contribution in [0.1, 0.15) is 29.8 Å². The Balaban J connectivity index is 1.96. The largest absolute Gasteiger partial charge is 0.351 e. The highest BCUT2D eigenvalue weighted by Gasteiger charge is 2.16. The van der Waals surface area contributed by atoms with Gasteiger partial charge in [0.1, 0.15) is 0 Å². The number of rotatable bonds is 6. The van der Waals surface area contributed by atoms with Crippen molar-refractivity contribution < 1.29 is 9.59 Å². The average Bonchev–Trinajstić information content (AvgIpc) is 2.60. The zero-order chi connectivity index (χ0) is 17.5. The van der Waals surface area contributed by atoms with Crippen LogP contribution in [0.25, 0.3) is 0 Å². The standard InChI is InChI=1S/C18H22N4O2/c1-12(2)16(19)18(24)21-11-13-4-3-5-15(10-13)22-17(23)14-6-8-20-9-7-14/h3-10,12,16H,11,19H2,1-2H3,(H,21,24)(H,22,23)/t16-/m0/s1. The summed E-state index contributed by atoms with van der Waals surface area (Å²) in [5.41, 5.74) is 7.89. The SMILES string of the molecule is CC(C)[C@H](N)C(=O)NCc1cccc(NC(=O)c2ccncc2)c1. The van der Waals surface area contributed by atoms with Crippen molar-refractivity contribution in [1.82, 2.24) is 10.3 Å². The van der Waals surface area contributed by atoms with Crippen LogP contribution >= 0.6 is 0 Å². The predicted molar refractivity (Wildman–Crippen MR) is 93.3 cm³/mol. The molecular weight excluding hydrogens is 304 g/mol. The Labute approximate surface area is 141 Å². The van der Waals surface area contributed by atoms with Crippen LogP contribution in [0.2, 0.25) is 0 Å². The summed E-state index contributed by atoms with van der Waals surface area (Å²) in [6.45, 7) is 4.16. The highest BCUT2D eigenvalue weighted by atomic mass is 16.2. The molecule has 2 amide bonds. The first-order valence-corrected chi connectivity index (χ1v) is 7.81. The van der Waals surface area contributed by atoms with Crippen molar-refractivity contribution in [2.45, 2.75) is 26.4 Å². The number of carbonyl (C=O) groups excluding carboxylic acids is 2. The van der Waals surface area contributed by atoms with Gasteiger partial charge in [-0.05, 0) is 35.7 Å². The number of nitrogens with zero attached hydrogens (tertiary/aromatic N) is 1. The molecule has 0 fully saturated rings. The second kappa shape index (κ2) is 8.21. The Hall–Kier alpha value is -2.73. The summed E-state index contributed by atoms with van der Waals surface area (Å²) in [6.07, 6.45) is 3.14. The van der Waals surface area contributed by atoms with Gasteiger partial charge >= 0.3 is 0 Å². The molecule has 1 aromatic carbocycles. The molecule has 1 atom stereocenters. The third-order valence-corrected chi connectivity index (χ3v) is 3.62. The van der Waals surface area contributed by atoms with Crippen LogP contribution in [0.4, 0.5) is 5.69 Å². The van der Waals surface area contributed by atoms with Gasteiger partial charge in [0, 0.05) is 30.2 Å². The third kappa shape index (κ3) is 4.89. The first kappa shape index (κ1) is 17.6. The van der Waals surface area contributed by atoms with Gasteiger partial charge in [0.05, 0.1) is 6.04 Å². The summed E-state index contributed by atoms with van der Waals surface area (Å²) in [5, 5.41) is 5.63. The minimum Gasteiger partial charge on any atom is -0.351 e. The fourth-order valence-electron chi connectivity index (χ4n) is 2.08. The molecule has 0 unspecified atom stereocenters. The van der Waals surface area contributed by atoms with Crippen LogP contribution in [0, 0.1) is 5.92 Å². The molecule has 0 aliphatic heterocycles. The van der Waals surface area contributed by atoms with E-state index < -0.39 is 6.04 Å². The van der Waals surface area contributed by atoms with E-state index in [0.29, 0.717) is 17.8 Å². The summed E-state index contributed by atoms with van der Waals surface area (Å²) >= 11 is 0. The van der Waals surface area contributed by atoms with Gasteiger partial charge in [0.25, 0.3) is 5.91 Å². The summed E-state index contributed by atoms with van der Waals surface area (Å²) in [7, 11) is 0. The van der Waals surface area contributed by atoms with Crippen molar-refractivity contribution in [2.24, 2.45) is 11.7 Å². The quantitative estimate of drug-likeness (QED) is 0.755. The van der Waals surface area contributed by atoms with Crippen LogP contribution in [0.3, 0.4) is 0 Å². The van der Waals surface area contributed by atoms with E-state index in [4.69, 9.17) is 5.73 Å². The smallest absolute Gasteiger partial charge is 0.255 e. The molecule has 6 heteroatoms. The van der Waals surface area contributed by atoms with Gasteiger partial charge in [0.15, 0.2) is 0 Å². The maximum atomic E-state index is 12.1. The lowest BCUT2D eigenvalue weighted by Gasteiger charge is -2.15. The minimum absolute atomic E-state index is 0.0796. The lowest BCUT2D eigenvalue weighted by atomic mass is 10.0. The number of hydrogen-bond donors (Lipinski definition) is 3. The van der Waals surface area contributed by atoms with E-state index in [1.54, 1.807) is 30.6 Å². The molecule has 0 bridgehead atoms. The number of aromatic nitrogens is 1. The van der Waals surface area contributed by atoms with E-state index in [1.165, 1.54) is 0 Å². The Kier molecular flexibility index (Phi) is 6.03. The number of amides is 2. The second-order valence-corrected chi connectivity index (χ2v) is 5.88. The number of nitrogens with two attached hydrogens (primary N) is 1. The van der Waals surface area contributed by atoms with Crippen molar-refractivity contribution in [1.29, 1.82) is 0 Å². The molecule has 2 rings (SSSR count). The van der Waals surface area contributed by atoms with E-state index in [0.717, 1.165) is 5.56 Å². The highest BCUT2D eigenvalue weighted by molar-refractivity contribution is 6.04. The van der Waals surface area contributed by atoms with Crippen molar-refractivity contribution in [3.8, 4) is 0 Å². The number of carbonyl (C=O) groups is 2. The van der Waals surface area contributed by atoms with Crippen LogP contribution in [0.15, 0.2) is 48.8 Å². The number of hydrogen-bond acceptors (Lipinski definition) is 4. The normalized spacial score (nSPS) is 11.8. The Morgan fingerprint density at radius 3 is 2.54 bits per heavy atom. The van der Waals surface area contributed by atoms with Gasteiger partial charge in [-0.3, -0.25) is 14.6 Å². The minimum atomic E-state index is -0.528. The fraction of sp³-hybridized carbons (Fsp3) is 0.278. The lowest BCUT2D eigenvalue weighted by molar-refractivity contribution is -0.123. The predicted octanol–water partition coefficient (Wildman–Crippen LogP) is 1.93. The zero-order valence-electron chi connectivity index (χ0n) is 13.8. The highest BCUT2D eigenvalue weighted by Crippen LogP contribution is 2.12. The Morgan fingerprint density at radius 1 is 1.17 bits per heavy atom. The molecule has 2 aromatic rings. The summed E-state index contributed by atoms with van der Waals surface area (Å²) in [5.74, 6) is -0.312. The molecule has 126 valence electrons. The summed E-state index contributed by atoms with van der Waals surface area (Å²) in [6, 6.07) is 10.1. The molecule has 4 N–H and O–H groups in total. The first-order chi connectivity index (χ1) is 11.5. The van der Waals surface area contributed by atoms with Crippen molar-refractivity contribution >= 4 is 17.5 Å². The van der Waals surface area contributed by atoms with Crippen LogP contribution in [0.5, 0.6) is 0 Å². The van der Waals surface area contributed by atoms with Crippen molar-refractivity contribution in [3.05, 3.63) is 59.9 Å². The van der Waals surface area contributed by atoms with Gasteiger partial charge in [-0.15, -0.1) is 0 Å². The lowest BCUT2D eigenvalue weighted by Crippen LogP contribution is -2.43. The van der Waals surface area contributed by atoms with E-state index >= 15 is 0 Å². The molecule has 6 nitrogen and oxygen atoms in total. The topological polar surface area (TPSA) is 97.1 Å². The second-order valence-electron chi connectivity index (χ2n) is 5.88. The number of pyridine rings is 1. The molecule has 1 aromatic heterocycles. The van der Waals surface area contributed by atoms with E-state index in [1.807, 2.05) is 32.0 Å². The van der Waals surface area contributed by atoms with Gasteiger partial charge in [-0.25, -0.2) is 0 Å². The third-order valence-electron chi connectivity index (χ3n) is 3.62. The number of anilines is 1. The number of nitrogens with one attached hydrogen (secondary N) is 2. The molecule has 0 spiro atoms. The number of benzene rings is 1. The molecule has 0 aliphatic rings. The van der Waals surface area contributed by atoms with E-state index in [2.05, 4.69) is 15.6 Å². The van der Waals surface area contributed by atoms with Gasteiger partial charge in [-0.2, -0.15) is 0 Å². The molecule has 0 aliphatic carbocycles. The molecular formula is C18H22N4O2. The van der Waals surface area contributed by atoms with E-state index in [-0.39, 0.29) is 17.7 Å². The van der Waals surface area contributed by atoms with Gasteiger partial charge in [-0.1, -0.05) is 26.0 Å². The van der Waals surface area contributed by atoms with E-state index in [9.17, 15) is 9.59 Å². The molecule has 0 saturated carbocycles. The molecule has 24 heavy (non-hydrogen) atoms. The maximum Gasteiger partial charge on any atom is 0.255 e.